The Labute approximate surface area is 183 Å². The highest BCUT2D eigenvalue weighted by Gasteiger charge is 2.22. The Morgan fingerprint density at radius 1 is 1.10 bits per heavy atom. The summed E-state index contributed by atoms with van der Waals surface area (Å²) >= 11 is 1.20. The van der Waals surface area contributed by atoms with Gasteiger partial charge in [0.25, 0.3) is 5.56 Å². The number of nitrogens with zero attached hydrogens (tertiary/aromatic N) is 5. The van der Waals surface area contributed by atoms with Crippen LogP contribution in [0.15, 0.2) is 45.1 Å². The molecule has 0 spiro atoms. The Balaban J connectivity index is 1.83. The normalized spacial score (nSPS) is 11.1. The second-order valence-electron chi connectivity index (χ2n) is 7.08. The highest BCUT2D eigenvalue weighted by atomic mass is 32.2. The largest absolute Gasteiger partial charge is 0.384 e. The number of nitrogen functional groups attached to an aromatic ring is 1. The predicted octanol–water partition coefficient (Wildman–Crippen LogP) is 1.72. The van der Waals surface area contributed by atoms with E-state index in [0.29, 0.717) is 31.1 Å². The molecule has 0 saturated carbocycles. The van der Waals surface area contributed by atoms with Crippen molar-refractivity contribution < 1.29 is 4.79 Å². The number of carbonyl (C=O) groups is 1. The third-order valence-corrected chi connectivity index (χ3v) is 5.92. The molecule has 0 aliphatic heterocycles. The second-order valence-corrected chi connectivity index (χ2v) is 8.02. The molecule has 2 aromatic heterocycles. The van der Waals surface area contributed by atoms with Crippen LogP contribution in [0.3, 0.4) is 0 Å². The number of anilines is 1. The Hall–Kier alpha value is -3.14. The van der Waals surface area contributed by atoms with Crippen molar-refractivity contribution >= 4 is 23.4 Å². The van der Waals surface area contributed by atoms with Crippen LogP contribution in [0.1, 0.15) is 42.0 Å². The third kappa shape index (κ3) is 4.63. The molecule has 2 heterocycles. The molecular formula is C21H26N6O3S. The molecular weight excluding hydrogens is 416 g/mol. The number of hydrogen-bond acceptors (Lipinski definition) is 7. The molecule has 0 aliphatic carbocycles. The van der Waals surface area contributed by atoms with E-state index in [2.05, 4.69) is 10.2 Å². The predicted molar refractivity (Wildman–Crippen MR) is 121 cm³/mol. The van der Waals surface area contributed by atoms with Crippen LogP contribution in [0.25, 0.3) is 0 Å². The number of rotatable bonds is 9. The fourth-order valence-electron chi connectivity index (χ4n) is 3.34. The van der Waals surface area contributed by atoms with Crippen molar-refractivity contribution in [1.29, 1.82) is 0 Å². The van der Waals surface area contributed by atoms with Crippen LogP contribution in [-0.2, 0) is 26.6 Å². The van der Waals surface area contributed by atoms with Crippen molar-refractivity contribution in [3.05, 3.63) is 68.1 Å². The van der Waals surface area contributed by atoms with Gasteiger partial charge in [-0.15, -0.1) is 10.2 Å². The minimum atomic E-state index is -0.679. The fraction of sp³-hybridized carbons (Fsp3) is 0.381. The average molecular weight is 443 g/mol. The molecule has 0 bridgehead atoms. The molecule has 0 amide bonds. The smallest absolute Gasteiger partial charge is 0.332 e. The van der Waals surface area contributed by atoms with E-state index >= 15 is 0 Å². The Morgan fingerprint density at radius 2 is 1.81 bits per heavy atom. The molecule has 9 nitrogen and oxygen atoms in total. The van der Waals surface area contributed by atoms with Gasteiger partial charge in [0.15, 0.2) is 10.9 Å². The van der Waals surface area contributed by atoms with Crippen LogP contribution < -0.4 is 17.0 Å². The first-order valence-electron chi connectivity index (χ1n) is 10.1. The molecule has 31 heavy (non-hydrogen) atoms. The monoisotopic (exact) mass is 442 g/mol. The lowest BCUT2D eigenvalue weighted by molar-refractivity contribution is 0.102. The first kappa shape index (κ1) is 22.5. The molecule has 164 valence electrons. The van der Waals surface area contributed by atoms with E-state index in [1.807, 2.05) is 48.7 Å². The van der Waals surface area contributed by atoms with E-state index in [-0.39, 0.29) is 17.1 Å². The Morgan fingerprint density at radius 3 is 2.45 bits per heavy atom. The standard InChI is InChI=1S/C21H26N6O3S/c1-4-11-27-18(22)17(19(29)25(3)21(27)30)15(28)13-31-20-24-23-16(26(20)5-2)12-14-9-7-6-8-10-14/h6-10H,4-5,11-13,22H2,1-3H3. The molecule has 1 aromatic carbocycles. The Kier molecular flexibility index (Phi) is 7.11. The molecule has 10 heteroatoms. The number of benzene rings is 1. The van der Waals surface area contributed by atoms with E-state index in [4.69, 9.17) is 5.73 Å². The quantitative estimate of drug-likeness (QED) is 0.396. The van der Waals surface area contributed by atoms with Crippen molar-refractivity contribution in [3.63, 3.8) is 0 Å². The molecule has 2 N–H and O–H groups in total. The maximum atomic E-state index is 12.9. The van der Waals surface area contributed by atoms with Gasteiger partial charge >= 0.3 is 5.69 Å². The SMILES string of the molecule is CCCn1c(N)c(C(=O)CSc2nnc(Cc3ccccc3)n2CC)c(=O)n(C)c1=O. The summed E-state index contributed by atoms with van der Waals surface area (Å²) in [7, 11) is 1.35. The van der Waals surface area contributed by atoms with Gasteiger partial charge < -0.3 is 10.3 Å². The van der Waals surface area contributed by atoms with Gasteiger partial charge in [0.2, 0.25) is 0 Å². The summed E-state index contributed by atoms with van der Waals surface area (Å²) in [5, 5.41) is 9.10. The van der Waals surface area contributed by atoms with Crippen LogP contribution in [0.2, 0.25) is 0 Å². The number of hydrogen-bond donors (Lipinski definition) is 1. The summed E-state index contributed by atoms with van der Waals surface area (Å²) in [5.74, 6) is 0.244. The Bertz CT molecular complexity index is 1200. The van der Waals surface area contributed by atoms with Crippen LogP contribution >= 0.6 is 11.8 Å². The molecule has 0 aliphatic rings. The van der Waals surface area contributed by atoms with Gasteiger partial charge in [-0.25, -0.2) is 4.79 Å². The minimum absolute atomic E-state index is 0.0345. The van der Waals surface area contributed by atoms with Gasteiger partial charge in [-0.3, -0.25) is 18.7 Å². The average Bonchev–Trinajstić information content (AvgIpc) is 3.16. The van der Waals surface area contributed by atoms with E-state index in [0.717, 1.165) is 16.0 Å². The summed E-state index contributed by atoms with van der Waals surface area (Å²) < 4.78 is 4.15. The van der Waals surface area contributed by atoms with Crippen LogP contribution in [0.4, 0.5) is 5.82 Å². The van der Waals surface area contributed by atoms with Crippen molar-refractivity contribution in [2.24, 2.45) is 7.05 Å². The number of Topliss-reactive ketones (excluding diaryl/α,β-unsaturated/α-hetero) is 1. The summed E-state index contributed by atoms with van der Waals surface area (Å²) in [4.78, 5) is 37.7. The maximum absolute atomic E-state index is 12.9. The molecule has 0 saturated heterocycles. The third-order valence-electron chi connectivity index (χ3n) is 4.96. The molecule has 0 radical (unpaired) electrons. The van der Waals surface area contributed by atoms with Crippen molar-refractivity contribution in [2.75, 3.05) is 11.5 Å². The van der Waals surface area contributed by atoms with Crippen LogP contribution in [0, 0.1) is 0 Å². The number of ketones is 1. The van der Waals surface area contributed by atoms with E-state index in [9.17, 15) is 14.4 Å². The maximum Gasteiger partial charge on any atom is 0.332 e. The van der Waals surface area contributed by atoms with E-state index in [1.54, 1.807) is 0 Å². The molecule has 0 unspecified atom stereocenters. The van der Waals surface area contributed by atoms with Gasteiger partial charge in [-0.05, 0) is 18.9 Å². The molecule has 0 fully saturated rings. The number of carbonyl (C=O) groups excluding carboxylic acids is 1. The van der Waals surface area contributed by atoms with Crippen molar-refractivity contribution in [2.45, 2.75) is 44.9 Å². The fourth-order valence-corrected chi connectivity index (χ4v) is 4.23. The van der Waals surface area contributed by atoms with Crippen LogP contribution in [-0.4, -0.2) is 35.4 Å². The van der Waals surface area contributed by atoms with Crippen molar-refractivity contribution in [1.82, 2.24) is 23.9 Å². The topological polar surface area (TPSA) is 118 Å². The van der Waals surface area contributed by atoms with Gasteiger partial charge in [0, 0.05) is 26.6 Å². The lowest BCUT2D eigenvalue weighted by Crippen LogP contribution is -2.42. The lowest BCUT2D eigenvalue weighted by Gasteiger charge is -2.13. The molecule has 0 atom stereocenters. The number of nitrogens with two attached hydrogens (primary N) is 1. The molecule has 3 rings (SSSR count). The highest BCUT2D eigenvalue weighted by molar-refractivity contribution is 7.99. The first-order chi connectivity index (χ1) is 14.9. The van der Waals surface area contributed by atoms with Gasteiger partial charge in [0.05, 0.1) is 5.75 Å². The second kappa shape index (κ2) is 9.78. The van der Waals surface area contributed by atoms with Gasteiger partial charge in [0.1, 0.15) is 17.2 Å². The lowest BCUT2D eigenvalue weighted by atomic mass is 10.1. The molecule has 3 aromatic rings. The summed E-state index contributed by atoms with van der Waals surface area (Å²) in [6.45, 7) is 4.85. The number of aromatic nitrogens is 5. The zero-order valence-corrected chi connectivity index (χ0v) is 18.7. The van der Waals surface area contributed by atoms with E-state index < -0.39 is 17.0 Å². The first-order valence-corrected chi connectivity index (χ1v) is 11.1. The minimum Gasteiger partial charge on any atom is -0.384 e. The van der Waals surface area contributed by atoms with Gasteiger partial charge in [-0.2, -0.15) is 0 Å². The van der Waals surface area contributed by atoms with E-state index in [1.165, 1.54) is 23.4 Å². The highest BCUT2D eigenvalue weighted by Crippen LogP contribution is 2.20. The van der Waals surface area contributed by atoms with Gasteiger partial charge in [-0.1, -0.05) is 49.0 Å². The zero-order valence-electron chi connectivity index (χ0n) is 17.9. The number of thioether (sulfide) groups is 1. The summed E-state index contributed by atoms with van der Waals surface area (Å²) in [5.41, 5.74) is 5.80. The van der Waals surface area contributed by atoms with Crippen molar-refractivity contribution in [3.8, 4) is 0 Å². The summed E-state index contributed by atoms with van der Waals surface area (Å²) in [6, 6.07) is 9.95. The van der Waals surface area contributed by atoms with Crippen LogP contribution in [0.5, 0.6) is 0 Å². The summed E-state index contributed by atoms with van der Waals surface area (Å²) in [6.07, 6.45) is 1.28. The zero-order chi connectivity index (χ0) is 22.5.